The Labute approximate surface area is 226 Å². The van der Waals surface area contributed by atoms with Crippen LogP contribution in [-0.2, 0) is 0 Å². The number of benzene rings is 7. The lowest BCUT2D eigenvalue weighted by molar-refractivity contribution is 0.666. The highest BCUT2D eigenvalue weighted by Crippen LogP contribution is 2.45. The molecule has 0 N–H and O–H groups in total. The fourth-order valence-electron chi connectivity index (χ4n) is 6.09. The van der Waals surface area contributed by atoms with Crippen molar-refractivity contribution < 1.29 is 4.42 Å². The molecule has 1 heteroatoms. The van der Waals surface area contributed by atoms with Gasteiger partial charge in [0.05, 0.1) is 0 Å². The topological polar surface area (TPSA) is 13.1 Å². The molecule has 1 nitrogen and oxygen atoms in total. The van der Waals surface area contributed by atoms with E-state index in [1.54, 1.807) is 0 Å². The highest BCUT2D eigenvalue weighted by molar-refractivity contribution is 6.27. The van der Waals surface area contributed by atoms with Crippen LogP contribution < -0.4 is 0 Å². The van der Waals surface area contributed by atoms with Gasteiger partial charge in [-0.25, -0.2) is 0 Å². The zero-order chi connectivity index (χ0) is 25.8. The highest BCUT2D eigenvalue weighted by atomic mass is 16.3. The van der Waals surface area contributed by atoms with Crippen LogP contribution in [0.1, 0.15) is 0 Å². The summed E-state index contributed by atoms with van der Waals surface area (Å²) >= 11 is 0. The van der Waals surface area contributed by atoms with Gasteiger partial charge in [0.2, 0.25) is 0 Å². The van der Waals surface area contributed by atoms with E-state index in [0.29, 0.717) is 0 Å². The second kappa shape index (κ2) is 8.72. The fourth-order valence-corrected chi connectivity index (χ4v) is 6.09. The summed E-state index contributed by atoms with van der Waals surface area (Å²) in [5.41, 5.74) is 8.71. The van der Waals surface area contributed by atoms with Crippen molar-refractivity contribution in [2.45, 2.75) is 0 Å². The van der Waals surface area contributed by atoms with Crippen LogP contribution in [-0.4, -0.2) is 0 Å². The van der Waals surface area contributed by atoms with Crippen LogP contribution in [0.4, 0.5) is 0 Å². The lowest BCUT2D eigenvalue weighted by Gasteiger charge is -2.13. The summed E-state index contributed by atoms with van der Waals surface area (Å²) in [6.45, 7) is 0. The second-order valence-corrected chi connectivity index (χ2v) is 10.1. The molecule has 0 aliphatic carbocycles. The summed E-state index contributed by atoms with van der Waals surface area (Å²) in [6, 6.07) is 51.8. The number of hydrogen-bond donors (Lipinski definition) is 0. The maximum absolute atomic E-state index is 7.21. The Balaban J connectivity index is 1.67. The molecule has 0 saturated carbocycles. The smallest absolute Gasteiger partial charge is 0.143 e. The Morgan fingerprint density at radius 1 is 0.333 bits per heavy atom. The van der Waals surface area contributed by atoms with Gasteiger partial charge in [-0.2, -0.15) is 0 Å². The minimum Gasteiger partial charge on any atom is -0.455 e. The maximum Gasteiger partial charge on any atom is 0.143 e. The average Bonchev–Trinajstić information content (AvgIpc) is 3.16. The van der Waals surface area contributed by atoms with Gasteiger partial charge in [0, 0.05) is 21.9 Å². The molecular weight excluding hydrogens is 472 g/mol. The van der Waals surface area contributed by atoms with E-state index in [1.807, 2.05) is 0 Å². The predicted molar refractivity (Wildman–Crippen MR) is 165 cm³/mol. The molecule has 1 heterocycles. The molecule has 0 aliphatic heterocycles. The van der Waals surface area contributed by atoms with Crippen LogP contribution in [0.3, 0.4) is 0 Å². The zero-order valence-corrected chi connectivity index (χ0v) is 21.3. The van der Waals surface area contributed by atoms with Gasteiger partial charge in [0.15, 0.2) is 0 Å². The third kappa shape index (κ3) is 3.41. The lowest BCUT2D eigenvalue weighted by Crippen LogP contribution is -1.88. The van der Waals surface area contributed by atoms with Crippen LogP contribution in [0, 0.1) is 0 Å². The maximum atomic E-state index is 7.21. The Kier molecular flexibility index (Phi) is 4.89. The SMILES string of the molecule is c1ccc(-c2cc(-c3ccccc3)c3oc4c(-c5ccccc5)ccc5cccc(c6cccc2c36)c54)cc1. The number of rotatable bonds is 3. The molecule has 0 amide bonds. The van der Waals surface area contributed by atoms with Crippen molar-refractivity contribution in [1.82, 2.24) is 0 Å². The summed E-state index contributed by atoms with van der Waals surface area (Å²) in [4.78, 5) is 0. The molecule has 0 unspecified atom stereocenters. The summed E-state index contributed by atoms with van der Waals surface area (Å²) < 4.78 is 7.21. The molecule has 182 valence electrons. The molecule has 7 aromatic carbocycles. The van der Waals surface area contributed by atoms with Gasteiger partial charge in [-0.15, -0.1) is 0 Å². The molecule has 0 atom stereocenters. The molecule has 8 rings (SSSR count). The van der Waals surface area contributed by atoms with E-state index >= 15 is 0 Å². The van der Waals surface area contributed by atoms with Crippen molar-refractivity contribution in [3.05, 3.63) is 146 Å². The van der Waals surface area contributed by atoms with Crippen molar-refractivity contribution in [2.24, 2.45) is 0 Å². The Morgan fingerprint density at radius 3 is 1.51 bits per heavy atom. The first-order valence-corrected chi connectivity index (χ1v) is 13.4. The Morgan fingerprint density at radius 2 is 0.846 bits per heavy atom. The Bertz CT molecular complexity index is 2140. The van der Waals surface area contributed by atoms with Gasteiger partial charge in [-0.3, -0.25) is 0 Å². The zero-order valence-electron chi connectivity index (χ0n) is 21.3. The normalized spacial score (nSPS) is 11.6. The van der Waals surface area contributed by atoms with E-state index < -0.39 is 0 Å². The van der Waals surface area contributed by atoms with E-state index in [2.05, 4.69) is 146 Å². The van der Waals surface area contributed by atoms with E-state index in [-0.39, 0.29) is 0 Å². The second-order valence-electron chi connectivity index (χ2n) is 10.1. The molecule has 1 aromatic heterocycles. The minimum absolute atomic E-state index is 0.910. The first-order valence-electron chi connectivity index (χ1n) is 13.4. The highest BCUT2D eigenvalue weighted by Gasteiger charge is 2.19. The molecular formula is C38H24O. The first kappa shape index (κ1) is 21.9. The summed E-state index contributed by atoms with van der Waals surface area (Å²) in [5.74, 6) is 0. The third-order valence-corrected chi connectivity index (χ3v) is 7.86. The monoisotopic (exact) mass is 496 g/mol. The van der Waals surface area contributed by atoms with E-state index in [4.69, 9.17) is 4.42 Å². The van der Waals surface area contributed by atoms with Gasteiger partial charge < -0.3 is 4.42 Å². The molecule has 0 aliphatic rings. The van der Waals surface area contributed by atoms with Crippen LogP contribution in [0.15, 0.2) is 150 Å². The van der Waals surface area contributed by atoms with Crippen molar-refractivity contribution in [2.75, 3.05) is 0 Å². The van der Waals surface area contributed by atoms with Gasteiger partial charge in [0.25, 0.3) is 0 Å². The lowest BCUT2D eigenvalue weighted by atomic mass is 9.90. The van der Waals surface area contributed by atoms with E-state index in [1.165, 1.54) is 32.7 Å². The standard InChI is InChI=1S/C38H24O/c1-4-12-25(13-5-1)29-23-22-28-18-10-19-30-31-20-11-21-32-33(26-14-6-2-7-15-26)24-34(27-16-8-3-9-17-27)38(36(31)32)39-37(29)35(28)30/h1-24H. The number of hydrogen-bond acceptors (Lipinski definition) is 1. The molecule has 0 saturated heterocycles. The van der Waals surface area contributed by atoms with Crippen LogP contribution in [0.2, 0.25) is 0 Å². The van der Waals surface area contributed by atoms with Crippen LogP contribution >= 0.6 is 0 Å². The molecule has 39 heavy (non-hydrogen) atoms. The largest absolute Gasteiger partial charge is 0.455 e. The predicted octanol–water partition coefficient (Wildman–Crippen LogP) is 10.9. The van der Waals surface area contributed by atoms with Gasteiger partial charge >= 0.3 is 0 Å². The quantitative estimate of drug-likeness (QED) is 0.237. The average molecular weight is 497 g/mol. The summed E-state index contributed by atoms with van der Waals surface area (Å²) in [7, 11) is 0. The molecule has 8 aromatic rings. The molecule has 0 bridgehead atoms. The first-order chi connectivity index (χ1) is 19.4. The van der Waals surface area contributed by atoms with Crippen LogP contribution in [0.25, 0.3) is 76.9 Å². The van der Waals surface area contributed by atoms with Gasteiger partial charge in [0.1, 0.15) is 11.2 Å². The molecule has 0 spiro atoms. The van der Waals surface area contributed by atoms with E-state index in [0.717, 1.165) is 44.2 Å². The van der Waals surface area contributed by atoms with Gasteiger partial charge in [-0.1, -0.05) is 133 Å². The van der Waals surface area contributed by atoms with E-state index in [9.17, 15) is 0 Å². The summed E-state index contributed by atoms with van der Waals surface area (Å²) in [6.07, 6.45) is 0. The van der Waals surface area contributed by atoms with Crippen molar-refractivity contribution in [3.8, 4) is 33.4 Å². The van der Waals surface area contributed by atoms with Gasteiger partial charge in [-0.05, 0) is 55.9 Å². The van der Waals surface area contributed by atoms with Crippen molar-refractivity contribution >= 4 is 43.5 Å². The van der Waals surface area contributed by atoms with Crippen molar-refractivity contribution in [1.29, 1.82) is 0 Å². The summed E-state index contributed by atoms with van der Waals surface area (Å²) in [5, 5.41) is 7.08. The van der Waals surface area contributed by atoms with Crippen LogP contribution in [0.5, 0.6) is 0 Å². The number of fused-ring (bicyclic) bond motifs is 1. The minimum atomic E-state index is 0.910. The van der Waals surface area contributed by atoms with Crippen molar-refractivity contribution in [3.63, 3.8) is 0 Å². The fraction of sp³-hybridized carbons (Fsp3) is 0. The molecule has 0 fully saturated rings. The molecule has 0 radical (unpaired) electrons. The Hall–Kier alpha value is -5.14. The third-order valence-electron chi connectivity index (χ3n) is 7.86.